The first-order valence-corrected chi connectivity index (χ1v) is 6.28. The molecule has 0 radical (unpaired) electrons. The molecule has 0 aliphatic heterocycles. The minimum Gasteiger partial charge on any atom is -0.315 e. The Kier molecular flexibility index (Phi) is 10.3. The van der Waals surface area contributed by atoms with Gasteiger partial charge in [-0.3, -0.25) is 0 Å². The van der Waals surface area contributed by atoms with Gasteiger partial charge in [-0.25, -0.2) is 0 Å². The number of hydrogen-bond acceptors (Lipinski definition) is 3. The number of hydrogen-bond donors (Lipinski definition) is 1. The number of likely N-dealkylation sites (N-methyl/N-ethyl adjacent to an activating group) is 1. The van der Waals surface area contributed by atoms with Gasteiger partial charge >= 0.3 is 0 Å². The molecule has 0 heterocycles. The molecule has 0 saturated heterocycles. The summed E-state index contributed by atoms with van der Waals surface area (Å²) in [4.78, 5) is 4.73. The van der Waals surface area contributed by atoms with E-state index < -0.39 is 0 Å². The van der Waals surface area contributed by atoms with Gasteiger partial charge in [-0.1, -0.05) is 13.8 Å². The molecule has 1 N–H and O–H groups in total. The average Bonchev–Trinajstić information content (AvgIpc) is 2.21. The third-order valence-electron chi connectivity index (χ3n) is 2.55. The Morgan fingerprint density at radius 3 is 2.20 bits per heavy atom. The summed E-state index contributed by atoms with van der Waals surface area (Å²) in [5.74, 6) is 0. The molecule has 0 bridgehead atoms. The third kappa shape index (κ3) is 10.2. The zero-order valence-electron chi connectivity index (χ0n) is 11.1. The van der Waals surface area contributed by atoms with E-state index in [1.807, 2.05) is 0 Å². The largest absolute Gasteiger partial charge is 0.315 e. The fourth-order valence-corrected chi connectivity index (χ4v) is 1.63. The van der Waals surface area contributed by atoms with E-state index >= 15 is 0 Å². The van der Waals surface area contributed by atoms with Crippen LogP contribution in [0.25, 0.3) is 0 Å². The lowest BCUT2D eigenvalue weighted by Gasteiger charge is -2.19. The summed E-state index contributed by atoms with van der Waals surface area (Å²) in [7, 11) is 4.25. The number of nitrogens with zero attached hydrogens (tertiary/aromatic N) is 2. The fraction of sp³-hybridized carbons (Fsp3) is 1.00. The van der Waals surface area contributed by atoms with E-state index in [0.717, 1.165) is 13.1 Å². The first-order valence-electron chi connectivity index (χ1n) is 6.28. The van der Waals surface area contributed by atoms with Gasteiger partial charge in [-0.2, -0.15) is 0 Å². The molecule has 0 amide bonds. The summed E-state index contributed by atoms with van der Waals surface area (Å²) in [5, 5.41) is 3.50. The second kappa shape index (κ2) is 10.4. The molecule has 3 heteroatoms. The predicted molar refractivity (Wildman–Crippen MR) is 68.4 cm³/mol. The summed E-state index contributed by atoms with van der Waals surface area (Å²) >= 11 is 0. The van der Waals surface area contributed by atoms with E-state index in [4.69, 9.17) is 0 Å². The SMILES string of the molecule is CCCN(CC)CCNCCCN(C)C. The number of rotatable bonds is 10. The molecule has 92 valence electrons. The molecule has 0 atom stereocenters. The Hall–Kier alpha value is -0.120. The summed E-state index contributed by atoms with van der Waals surface area (Å²) in [5.41, 5.74) is 0. The maximum absolute atomic E-state index is 3.50. The Bertz CT molecular complexity index is 126. The van der Waals surface area contributed by atoms with Crippen molar-refractivity contribution in [2.75, 3.05) is 53.4 Å². The van der Waals surface area contributed by atoms with Gasteiger partial charge in [-0.15, -0.1) is 0 Å². The lowest BCUT2D eigenvalue weighted by Crippen LogP contribution is -2.33. The van der Waals surface area contributed by atoms with Crippen molar-refractivity contribution in [2.45, 2.75) is 26.7 Å². The van der Waals surface area contributed by atoms with Crippen LogP contribution in [0.3, 0.4) is 0 Å². The van der Waals surface area contributed by atoms with Gasteiger partial charge in [0.05, 0.1) is 0 Å². The Labute approximate surface area is 95.8 Å². The molecule has 0 saturated carbocycles. The molecule has 0 rings (SSSR count). The summed E-state index contributed by atoms with van der Waals surface area (Å²) < 4.78 is 0. The quantitative estimate of drug-likeness (QED) is 0.554. The molecule has 15 heavy (non-hydrogen) atoms. The van der Waals surface area contributed by atoms with Gasteiger partial charge in [0.1, 0.15) is 0 Å². The van der Waals surface area contributed by atoms with Crippen molar-refractivity contribution in [3.8, 4) is 0 Å². The highest BCUT2D eigenvalue weighted by Gasteiger charge is 1.99. The van der Waals surface area contributed by atoms with Gasteiger partial charge in [-0.05, 0) is 53.1 Å². The molecular formula is C12H29N3. The molecule has 0 fully saturated rings. The highest BCUT2D eigenvalue weighted by atomic mass is 15.1. The molecule has 0 aromatic heterocycles. The summed E-state index contributed by atoms with van der Waals surface area (Å²) in [6.45, 7) is 11.5. The standard InChI is InChI=1S/C12H29N3/c1-5-10-15(6-2)12-9-13-8-7-11-14(3)4/h13H,5-12H2,1-4H3. The summed E-state index contributed by atoms with van der Waals surface area (Å²) in [6, 6.07) is 0. The van der Waals surface area contributed by atoms with Crippen LogP contribution >= 0.6 is 0 Å². The molecule has 0 aliphatic carbocycles. The van der Waals surface area contributed by atoms with Crippen LogP contribution in [0.5, 0.6) is 0 Å². The lowest BCUT2D eigenvalue weighted by atomic mass is 10.3. The van der Waals surface area contributed by atoms with Crippen molar-refractivity contribution in [1.82, 2.24) is 15.1 Å². The molecular weight excluding hydrogens is 186 g/mol. The molecule has 3 nitrogen and oxygen atoms in total. The molecule has 0 aromatic carbocycles. The monoisotopic (exact) mass is 215 g/mol. The van der Waals surface area contributed by atoms with Gasteiger partial charge < -0.3 is 15.1 Å². The van der Waals surface area contributed by atoms with Crippen molar-refractivity contribution in [3.63, 3.8) is 0 Å². The molecule has 0 aromatic rings. The van der Waals surface area contributed by atoms with Crippen molar-refractivity contribution < 1.29 is 0 Å². The minimum atomic E-state index is 1.13. The topological polar surface area (TPSA) is 18.5 Å². The highest BCUT2D eigenvalue weighted by Crippen LogP contribution is 1.89. The molecule has 0 aliphatic rings. The van der Waals surface area contributed by atoms with E-state index in [0.29, 0.717) is 0 Å². The minimum absolute atomic E-state index is 1.13. The second-order valence-corrected chi connectivity index (χ2v) is 4.34. The predicted octanol–water partition coefficient (Wildman–Crippen LogP) is 1.26. The van der Waals surface area contributed by atoms with Crippen molar-refractivity contribution in [3.05, 3.63) is 0 Å². The zero-order valence-corrected chi connectivity index (χ0v) is 11.1. The lowest BCUT2D eigenvalue weighted by molar-refractivity contribution is 0.286. The van der Waals surface area contributed by atoms with Crippen molar-refractivity contribution in [2.24, 2.45) is 0 Å². The van der Waals surface area contributed by atoms with Crippen molar-refractivity contribution >= 4 is 0 Å². The van der Waals surface area contributed by atoms with Gasteiger partial charge in [0.2, 0.25) is 0 Å². The Balaban J connectivity index is 3.21. The second-order valence-electron chi connectivity index (χ2n) is 4.34. The van der Waals surface area contributed by atoms with Gasteiger partial charge in [0, 0.05) is 13.1 Å². The first-order chi connectivity index (χ1) is 7.20. The Morgan fingerprint density at radius 2 is 1.67 bits per heavy atom. The fourth-order valence-electron chi connectivity index (χ4n) is 1.63. The van der Waals surface area contributed by atoms with Crippen LogP contribution in [0, 0.1) is 0 Å². The van der Waals surface area contributed by atoms with E-state index in [1.165, 1.54) is 39.0 Å². The first kappa shape index (κ1) is 14.9. The van der Waals surface area contributed by atoms with E-state index in [2.05, 4.69) is 43.1 Å². The van der Waals surface area contributed by atoms with Crippen molar-refractivity contribution in [1.29, 1.82) is 0 Å². The molecule has 0 spiro atoms. The van der Waals surface area contributed by atoms with E-state index in [1.54, 1.807) is 0 Å². The van der Waals surface area contributed by atoms with Gasteiger partial charge in [0.15, 0.2) is 0 Å². The van der Waals surface area contributed by atoms with Crippen LogP contribution in [0.2, 0.25) is 0 Å². The van der Waals surface area contributed by atoms with Crippen LogP contribution in [-0.4, -0.2) is 63.2 Å². The van der Waals surface area contributed by atoms with E-state index in [-0.39, 0.29) is 0 Å². The van der Waals surface area contributed by atoms with Crippen LogP contribution < -0.4 is 5.32 Å². The maximum atomic E-state index is 3.50. The van der Waals surface area contributed by atoms with Crippen LogP contribution in [0.15, 0.2) is 0 Å². The zero-order chi connectivity index (χ0) is 11.5. The smallest absolute Gasteiger partial charge is 0.0107 e. The number of nitrogens with one attached hydrogen (secondary N) is 1. The van der Waals surface area contributed by atoms with E-state index in [9.17, 15) is 0 Å². The van der Waals surface area contributed by atoms with Crippen LogP contribution in [0.4, 0.5) is 0 Å². The Morgan fingerprint density at radius 1 is 0.933 bits per heavy atom. The summed E-state index contributed by atoms with van der Waals surface area (Å²) in [6.07, 6.45) is 2.50. The maximum Gasteiger partial charge on any atom is 0.0107 e. The third-order valence-corrected chi connectivity index (χ3v) is 2.55. The normalized spacial score (nSPS) is 11.6. The van der Waals surface area contributed by atoms with Crippen LogP contribution in [0.1, 0.15) is 26.7 Å². The highest BCUT2D eigenvalue weighted by molar-refractivity contribution is 4.57. The van der Waals surface area contributed by atoms with Crippen LogP contribution in [-0.2, 0) is 0 Å². The van der Waals surface area contributed by atoms with Gasteiger partial charge in [0.25, 0.3) is 0 Å². The average molecular weight is 215 g/mol. The molecule has 0 unspecified atom stereocenters.